The van der Waals surface area contributed by atoms with Crippen molar-refractivity contribution in [2.24, 2.45) is 0 Å². The second-order valence-electron chi connectivity index (χ2n) is 2.69. The first-order valence-corrected chi connectivity index (χ1v) is 4.07. The van der Waals surface area contributed by atoms with Gasteiger partial charge in [-0.3, -0.25) is 5.10 Å². The van der Waals surface area contributed by atoms with Crippen molar-refractivity contribution >= 4 is 34.4 Å². The molecule has 0 fully saturated rings. The minimum absolute atomic E-state index is 0.371. The summed E-state index contributed by atoms with van der Waals surface area (Å²) in [4.78, 5) is 3.28. The Labute approximate surface area is 76.8 Å². The molecule has 0 aliphatic heterocycles. The van der Waals surface area contributed by atoms with Gasteiger partial charge in [0.05, 0.1) is 11.0 Å². The number of hydrogen-bond acceptors (Lipinski definition) is 4. The summed E-state index contributed by atoms with van der Waals surface area (Å²) >= 11 is 4.86. The lowest BCUT2D eigenvalue weighted by Crippen LogP contribution is -1.70. The molecule has 0 aliphatic carbocycles. The van der Waals surface area contributed by atoms with Gasteiger partial charge in [0.25, 0.3) is 4.84 Å². The molecule has 3 rings (SSSR count). The largest absolute Gasteiger partial charge is 0.429 e. The van der Waals surface area contributed by atoms with Gasteiger partial charge in [-0.2, -0.15) is 0 Å². The van der Waals surface area contributed by atoms with Gasteiger partial charge >= 0.3 is 0 Å². The highest BCUT2D eigenvalue weighted by molar-refractivity contribution is 7.71. The maximum absolute atomic E-state index is 5.22. The number of oxazole rings is 1. The van der Waals surface area contributed by atoms with E-state index in [0.29, 0.717) is 10.4 Å². The Hall–Kier alpha value is -1.69. The highest BCUT2D eigenvalue weighted by Crippen LogP contribution is 2.18. The second-order valence-corrected chi connectivity index (χ2v) is 3.06. The van der Waals surface area contributed by atoms with Crippen molar-refractivity contribution in [3.63, 3.8) is 0 Å². The first kappa shape index (κ1) is 6.79. The minimum Gasteiger partial charge on any atom is -0.429 e. The molecule has 0 saturated carbocycles. The van der Waals surface area contributed by atoms with Crippen molar-refractivity contribution in [1.82, 2.24) is 20.4 Å². The van der Waals surface area contributed by atoms with Crippen LogP contribution in [0.3, 0.4) is 0 Å². The molecule has 0 aliphatic rings. The number of H-pyrrole nitrogens is 2. The molecule has 0 radical (unpaired) electrons. The lowest BCUT2D eigenvalue weighted by Gasteiger charge is -1.85. The number of hydrogen-bond donors (Lipinski definition) is 2. The van der Waals surface area contributed by atoms with Crippen LogP contribution in [0.5, 0.6) is 0 Å². The summed E-state index contributed by atoms with van der Waals surface area (Å²) in [6, 6.07) is 3.66. The number of nitrogens with zero attached hydrogens (tertiary/aromatic N) is 2. The van der Waals surface area contributed by atoms with Crippen LogP contribution in [0.4, 0.5) is 0 Å². The van der Waals surface area contributed by atoms with E-state index in [9.17, 15) is 0 Å². The van der Waals surface area contributed by atoms with E-state index in [1.807, 2.05) is 6.07 Å². The Morgan fingerprint density at radius 2 is 2.23 bits per heavy atom. The van der Waals surface area contributed by atoms with Crippen LogP contribution in [0.25, 0.3) is 22.1 Å². The van der Waals surface area contributed by atoms with Crippen LogP contribution in [0, 0.1) is 4.84 Å². The Morgan fingerprint density at radius 3 is 3.15 bits per heavy atom. The number of benzene rings is 1. The van der Waals surface area contributed by atoms with Crippen molar-refractivity contribution in [1.29, 1.82) is 0 Å². The van der Waals surface area contributed by atoms with Gasteiger partial charge in [-0.1, -0.05) is 5.21 Å². The summed E-state index contributed by atoms with van der Waals surface area (Å²) in [6.07, 6.45) is 0. The normalized spacial score (nSPS) is 11.4. The van der Waals surface area contributed by atoms with Gasteiger partial charge < -0.3 is 9.40 Å². The molecular formula is C7H4N4OS. The van der Waals surface area contributed by atoms with Gasteiger partial charge in [0.1, 0.15) is 5.52 Å². The molecule has 0 amide bonds. The zero-order valence-corrected chi connectivity index (χ0v) is 7.18. The Bertz CT molecular complexity index is 583. The van der Waals surface area contributed by atoms with E-state index in [1.165, 1.54) is 0 Å². The number of rotatable bonds is 0. The average molecular weight is 192 g/mol. The summed E-state index contributed by atoms with van der Waals surface area (Å²) in [5.41, 5.74) is 3.18. The predicted octanol–water partition coefficient (Wildman–Crippen LogP) is 1.76. The third kappa shape index (κ3) is 0.888. The van der Waals surface area contributed by atoms with Gasteiger partial charge in [0.15, 0.2) is 5.58 Å². The average Bonchev–Trinajstić information content (AvgIpc) is 2.63. The van der Waals surface area contributed by atoms with E-state index >= 15 is 0 Å². The van der Waals surface area contributed by atoms with Crippen LogP contribution in [0.1, 0.15) is 0 Å². The SMILES string of the molecule is S=c1[nH]c2cc3[nH]nnc3cc2o1. The molecule has 0 saturated heterocycles. The van der Waals surface area contributed by atoms with E-state index in [2.05, 4.69) is 20.4 Å². The van der Waals surface area contributed by atoms with Crippen molar-refractivity contribution in [3.8, 4) is 0 Å². The maximum Gasteiger partial charge on any atom is 0.266 e. The van der Waals surface area contributed by atoms with Crippen LogP contribution in [-0.2, 0) is 0 Å². The molecule has 0 atom stereocenters. The minimum atomic E-state index is 0.371. The number of aromatic amines is 2. The quantitative estimate of drug-likeness (QED) is 0.532. The monoisotopic (exact) mass is 192 g/mol. The zero-order valence-electron chi connectivity index (χ0n) is 6.37. The lowest BCUT2D eigenvalue weighted by atomic mass is 10.3. The number of aromatic nitrogens is 4. The fourth-order valence-corrected chi connectivity index (χ4v) is 1.49. The standard InChI is InChI=1S/C7H4N4OS/c13-7-8-5-1-3-4(10-11-9-3)2-6(5)12-7/h1-2H,(H,8,13)(H,9,10,11). The third-order valence-electron chi connectivity index (χ3n) is 1.87. The van der Waals surface area contributed by atoms with Crippen LogP contribution in [0.2, 0.25) is 0 Å². The summed E-state index contributed by atoms with van der Waals surface area (Å²) < 4.78 is 5.22. The molecule has 0 bridgehead atoms. The highest BCUT2D eigenvalue weighted by atomic mass is 32.1. The fourth-order valence-electron chi connectivity index (χ4n) is 1.29. The Kier molecular flexibility index (Phi) is 1.13. The van der Waals surface area contributed by atoms with Crippen LogP contribution in [0.15, 0.2) is 16.5 Å². The topological polar surface area (TPSA) is 70.5 Å². The van der Waals surface area contributed by atoms with Gasteiger partial charge in [-0.05, 0) is 18.3 Å². The number of nitrogens with one attached hydrogen (secondary N) is 2. The highest BCUT2D eigenvalue weighted by Gasteiger charge is 2.03. The van der Waals surface area contributed by atoms with E-state index in [0.717, 1.165) is 16.6 Å². The summed E-state index contributed by atoms with van der Waals surface area (Å²) in [6.45, 7) is 0. The van der Waals surface area contributed by atoms with Gasteiger partial charge in [0, 0.05) is 6.07 Å². The zero-order chi connectivity index (χ0) is 8.84. The van der Waals surface area contributed by atoms with Crippen molar-refractivity contribution in [3.05, 3.63) is 17.0 Å². The second kappa shape index (κ2) is 2.17. The van der Waals surface area contributed by atoms with E-state index in [-0.39, 0.29) is 0 Å². The number of fused-ring (bicyclic) bond motifs is 2. The van der Waals surface area contributed by atoms with Crippen LogP contribution < -0.4 is 0 Å². The van der Waals surface area contributed by atoms with Crippen LogP contribution in [-0.4, -0.2) is 20.4 Å². The van der Waals surface area contributed by atoms with Crippen molar-refractivity contribution < 1.29 is 4.42 Å². The van der Waals surface area contributed by atoms with Crippen molar-refractivity contribution in [2.45, 2.75) is 0 Å². The first-order chi connectivity index (χ1) is 6.33. The lowest BCUT2D eigenvalue weighted by molar-refractivity contribution is 0.583. The Balaban J connectivity index is 2.62. The molecule has 13 heavy (non-hydrogen) atoms. The van der Waals surface area contributed by atoms with E-state index in [1.54, 1.807) is 6.07 Å². The van der Waals surface area contributed by atoms with Gasteiger partial charge in [-0.15, -0.1) is 5.10 Å². The fraction of sp³-hybridized carbons (Fsp3) is 0. The van der Waals surface area contributed by atoms with E-state index < -0.39 is 0 Å². The predicted molar refractivity (Wildman–Crippen MR) is 48.8 cm³/mol. The van der Waals surface area contributed by atoms with E-state index in [4.69, 9.17) is 16.6 Å². The summed E-state index contributed by atoms with van der Waals surface area (Å²) in [5, 5.41) is 10.3. The first-order valence-electron chi connectivity index (χ1n) is 3.66. The molecule has 2 N–H and O–H groups in total. The van der Waals surface area contributed by atoms with Gasteiger partial charge in [0.2, 0.25) is 0 Å². The third-order valence-corrected chi connectivity index (χ3v) is 2.05. The smallest absolute Gasteiger partial charge is 0.266 e. The van der Waals surface area contributed by atoms with Crippen LogP contribution >= 0.6 is 12.2 Å². The molecule has 3 aromatic rings. The summed E-state index contributed by atoms with van der Waals surface area (Å²) in [7, 11) is 0. The molecular weight excluding hydrogens is 188 g/mol. The summed E-state index contributed by atoms with van der Waals surface area (Å²) in [5.74, 6) is 0. The Morgan fingerprint density at radius 1 is 1.31 bits per heavy atom. The maximum atomic E-state index is 5.22. The molecule has 0 unspecified atom stereocenters. The molecule has 6 heteroatoms. The molecule has 64 valence electrons. The molecule has 0 spiro atoms. The van der Waals surface area contributed by atoms with Crippen molar-refractivity contribution in [2.75, 3.05) is 0 Å². The van der Waals surface area contributed by atoms with Gasteiger partial charge in [-0.25, -0.2) is 0 Å². The molecule has 2 heterocycles. The molecule has 2 aromatic heterocycles. The molecule has 1 aromatic carbocycles. The molecule has 5 nitrogen and oxygen atoms in total.